The average molecular weight is 364 g/mol. The van der Waals surface area contributed by atoms with E-state index in [1.807, 2.05) is 42.5 Å². The van der Waals surface area contributed by atoms with E-state index in [1.54, 1.807) is 7.11 Å². The molecule has 5 nitrogen and oxygen atoms in total. The predicted octanol–water partition coefficient (Wildman–Crippen LogP) is 3.84. The molecular formula is C22H24N2O3. The second-order valence-electron chi connectivity index (χ2n) is 7.04. The van der Waals surface area contributed by atoms with Crippen molar-refractivity contribution in [3.8, 4) is 5.75 Å². The van der Waals surface area contributed by atoms with Gasteiger partial charge in [-0.1, -0.05) is 30.3 Å². The van der Waals surface area contributed by atoms with Gasteiger partial charge >= 0.3 is 0 Å². The van der Waals surface area contributed by atoms with Crippen molar-refractivity contribution >= 4 is 16.9 Å². The molecule has 1 aromatic heterocycles. The first-order valence-corrected chi connectivity index (χ1v) is 9.36. The molecule has 3 aromatic rings. The normalized spacial score (nSPS) is 17.7. The number of nitrogens with one attached hydrogen (secondary N) is 1. The Kier molecular flexibility index (Phi) is 5.12. The number of nitrogens with zero attached hydrogens (tertiary/aromatic N) is 1. The van der Waals surface area contributed by atoms with Crippen molar-refractivity contribution in [3.05, 3.63) is 65.9 Å². The Labute approximate surface area is 158 Å². The summed E-state index contributed by atoms with van der Waals surface area (Å²) in [6, 6.07) is 17.8. The highest BCUT2D eigenvalue weighted by Gasteiger charge is 2.23. The lowest BCUT2D eigenvalue weighted by Crippen LogP contribution is -2.47. The van der Waals surface area contributed by atoms with Crippen LogP contribution in [0.2, 0.25) is 0 Å². The van der Waals surface area contributed by atoms with Gasteiger partial charge in [-0.2, -0.15) is 0 Å². The first-order chi connectivity index (χ1) is 13.2. The Morgan fingerprint density at radius 1 is 1.22 bits per heavy atom. The van der Waals surface area contributed by atoms with Crippen molar-refractivity contribution in [2.75, 3.05) is 20.2 Å². The standard InChI is InChI=1S/C22H24N2O3/c1-26-19-10-8-16(9-11-19)14-24-12-4-6-18(15-24)23-22(25)21-13-17-5-2-3-7-20(17)27-21/h2-3,5,7-11,13,18H,4,6,12,14-15H2,1H3,(H,23,25). The lowest BCUT2D eigenvalue weighted by molar-refractivity contribution is 0.0875. The van der Waals surface area contributed by atoms with E-state index >= 15 is 0 Å². The van der Waals surface area contributed by atoms with E-state index in [-0.39, 0.29) is 11.9 Å². The summed E-state index contributed by atoms with van der Waals surface area (Å²) in [6.45, 7) is 2.77. The van der Waals surface area contributed by atoms with Crippen molar-refractivity contribution in [3.63, 3.8) is 0 Å². The molecular weight excluding hydrogens is 340 g/mol. The summed E-state index contributed by atoms with van der Waals surface area (Å²) in [4.78, 5) is 15.0. The molecule has 4 rings (SSSR count). The van der Waals surface area contributed by atoms with Gasteiger partial charge in [0.25, 0.3) is 5.91 Å². The summed E-state index contributed by atoms with van der Waals surface area (Å²) >= 11 is 0. The monoisotopic (exact) mass is 364 g/mol. The fraction of sp³-hybridized carbons (Fsp3) is 0.318. The lowest BCUT2D eigenvalue weighted by atomic mass is 10.0. The van der Waals surface area contributed by atoms with E-state index in [2.05, 4.69) is 22.3 Å². The zero-order valence-electron chi connectivity index (χ0n) is 15.5. The number of piperidine rings is 1. The smallest absolute Gasteiger partial charge is 0.287 e. The molecule has 0 spiro atoms. The SMILES string of the molecule is COc1ccc(CN2CCCC(NC(=O)c3cc4ccccc4o3)C2)cc1. The van der Waals surface area contributed by atoms with Crippen LogP contribution in [0.25, 0.3) is 11.0 Å². The summed E-state index contributed by atoms with van der Waals surface area (Å²) in [5.74, 6) is 1.11. The summed E-state index contributed by atoms with van der Waals surface area (Å²) in [6.07, 6.45) is 2.06. The Balaban J connectivity index is 1.36. The molecule has 5 heteroatoms. The van der Waals surface area contributed by atoms with E-state index < -0.39 is 0 Å². The van der Waals surface area contributed by atoms with Crippen LogP contribution >= 0.6 is 0 Å². The molecule has 1 atom stereocenters. The summed E-state index contributed by atoms with van der Waals surface area (Å²) in [5.41, 5.74) is 1.99. The molecule has 1 N–H and O–H groups in total. The lowest BCUT2D eigenvalue weighted by Gasteiger charge is -2.33. The summed E-state index contributed by atoms with van der Waals surface area (Å²) < 4.78 is 10.9. The molecule has 1 aliphatic rings. The van der Waals surface area contributed by atoms with Crippen LogP contribution in [0.4, 0.5) is 0 Å². The van der Waals surface area contributed by atoms with E-state index in [0.29, 0.717) is 5.76 Å². The molecule has 1 saturated heterocycles. The zero-order chi connectivity index (χ0) is 18.6. The van der Waals surface area contributed by atoms with Crippen LogP contribution < -0.4 is 10.1 Å². The van der Waals surface area contributed by atoms with Crippen LogP contribution in [0.15, 0.2) is 59.0 Å². The minimum absolute atomic E-state index is 0.137. The van der Waals surface area contributed by atoms with Crippen molar-refractivity contribution in [2.24, 2.45) is 0 Å². The highest BCUT2D eigenvalue weighted by molar-refractivity contribution is 5.96. The van der Waals surface area contributed by atoms with Gasteiger partial charge in [-0.15, -0.1) is 0 Å². The first kappa shape index (κ1) is 17.6. The third-order valence-electron chi connectivity index (χ3n) is 5.06. The number of hydrogen-bond acceptors (Lipinski definition) is 4. The fourth-order valence-corrected chi connectivity index (χ4v) is 3.66. The molecule has 2 heterocycles. The van der Waals surface area contributed by atoms with Crippen LogP contribution in [-0.2, 0) is 6.54 Å². The van der Waals surface area contributed by atoms with Crippen LogP contribution in [0.5, 0.6) is 5.75 Å². The average Bonchev–Trinajstić information content (AvgIpc) is 3.13. The minimum atomic E-state index is -0.137. The van der Waals surface area contributed by atoms with Gasteiger partial charge in [0.1, 0.15) is 11.3 Å². The molecule has 2 aromatic carbocycles. The molecule has 1 unspecified atom stereocenters. The second-order valence-corrected chi connectivity index (χ2v) is 7.04. The van der Waals surface area contributed by atoms with Gasteiger partial charge in [-0.3, -0.25) is 9.69 Å². The number of fused-ring (bicyclic) bond motifs is 1. The third-order valence-corrected chi connectivity index (χ3v) is 5.06. The highest BCUT2D eigenvalue weighted by Crippen LogP contribution is 2.20. The number of amides is 1. The van der Waals surface area contributed by atoms with E-state index in [9.17, 15) is 4.79 Å². The molecule has 0 aliphatic carbocycles. The second kappa shape index (κ2) is 7.84. The molecule has 1 fully saturated rings. The van der Waals surface area contributed by atoms with Crippen molar-refractivity contribution in [1.82, 2.24) is 10.2 Å². The van der Waals surface area contributed by atoms with Gasteiger partial charge < -0.3 is 14.5 Å². The predicted molar refractivity (Wildman–Crippen MR) is 105 cm³/mol. The maximum Gasteiger partial charge on any atom is 0.287 e. The largest absolute Gasteiger partial charge is 0.497 e. The van der Waals surface area contributed by atoms with E-state index in [0.717, 1.165) is 49.2 Å². The Morgan fingerprint density at radius 2 is 2.04 bits per heavy atom. The molecule has 140 valence electrons. The minimum Gasteiger partial charge on any atom is -0.497 e. The van der Waals surface area contributed by atoms with Gasteiger partial charge in [-0.05, 0) is 49.2 Å². The first-order valence-electron chi connectivity index (χ1n) is 9.36. The molecule has 0 saturated carbocycles. The number of methoxy groups -OCH3 is 1. The fourth-order valence-electron chi connectivity index (χ4n) is 3.66. The number of benzene rings is 2. The van der Waals surface area contributed by atoms with Gasteiger partial charge in [0, 0.05) is 24.5 Å². The molecule has 27 heavy (non-hydrogen) atoms. The number of carbonyl (C=O) groups excluding carboxylic acids is 1. The number of likely N-dealkylation sites (tertiary alicyclic amines) is 1. The number of hydrogen-bond donors (Lipinski definition) is 1. The van der Waals surface area contributed by atoms with Gasteiger partial charge in [0.05, 0.1) is 7.11 Å². The number of ether oxygens (including phenoxy) is 1. The van der Waals surface area contributed by atoms with E-state index in [4.69, 9.17) is 9.15 Å². The Bertz CT molecular complexity index is 884. The molecule has 1 aliphatic heterocycles. The molecule has 0 bridgehead atoms. The zero-order valence-corrected chi connectivity index (χ0v) is 15.5. The van der Waals surface area contributed by atoms with Gasteiger partial charge in [-0.25, -0.2) is 0 Å². The van der Waals surface area contributed by atoms with Crippen LogP contribution in [0, 0.1) is 0 Å². The van der Waals surface area contributed by atoms with Gasteiger partial charge in [0.2, 0.25) is 0 Å². The van der Waals surface area contributed by atoms with Crippen molar-refractivity contribution in [1.29, 1.82) is 0 Å². The van der Waals surface area contributed by atoms with Crippen LogP contribution in [-0.4, -0.2) is 37.0 Å². The number of carbonyl (C=O) groups is 1. The van der Waals surface area contributed by atoms with Crippen molar-refractivity contribution < 1.29 is 13.9 Å². The maximum absolute atomic E-state index is 12.6. The number of rotatable bonds is 5. The van der Waals surface area contributed by atoms with Crippen LogP contribution in [0.1, 0.15) is 29.0 Å². The quantitative estimate of drug-likeness (QED) is 0.747. The topological polar surface area (TPSA) is 54.7 Å². The molecule has 0 radical (unpaired) electrons. The summed E-state index contributed by atoms with van der Waals surface area (Å²) in [5, 5.41) is 4.09. The molecule has 1 amide bonds. The summed E-state index contributed by atoms with van der Waals surface area (Å²) in [7, 11) is 1.68. The maximum atomic E-state index is 12.6. The van der Waals surface area contributed by atoms with E-state index in [1.165, 1.54) is 5.56 Å². The van der Waals surface area contributed by atoms with Crippen LogP contribution in [0.3, 0.4) is 0 Å². The van der Waals surface area contributed by atoms with Gasteiger partial charge in [0.15, 0.2) is 5.76 Å². The third kappa shape index (κ3) is 4.14. The van der Waals surface area contributed by atoms with Crippen molar-refractivity contribution in [2.45, 2.75) is 25.4 Å². The number of para-hydroxylation sites is 1. The Morgan fingerprint density at radius 3 is 2.81 bits per heavy atom. The highest BCUT2D eigenvalue weighted by atomic mass is 16.5. The number of furan rings is 1. The Hall–Kier alpha value is -2.79.